The Kier molecular flexibility index (Phi) is 6.77. The van der Waals surface area contributed by atoms with Crippen molar-refractivity contribution in [3.8, 4) is 0 Å². The summed E-state index contributed by atoms with van der Waals surface area (Å²) in [6.45, 7) is 0. The van der Waals surface area contributed by atoms with Crippen LogP contribution in [0.2, 0.25) is 0 Å². The fourth-order valence-corrected chi connectivity index (χ4v) is 5.84. The van der Waals surface area contributed by atoms with Gasteiger partial charge in [0.2, 0.25) is 0 Å². The molecule has 1 saturated carbocycles. The summed E-state index contributed by atoms with van der Waals surface area (Å²) in [7, 11) is 0. The molecule has 0 aromatic carbocycles. The highest BCUT2D eigenvalue weighted by molar-refractivity contribution is 9.33. The van der Waals surface area contributed by atoms with E-state index < -0.39 is 9.70 Å². The van der Waals surface area contributed by atoms with E-state index in [0.29, 0.717) is 6.42 Å². The predicted molar refractivity (Wildman–Crippen MR) is 94.5 cm³/mol. The predicted octanol–water partition coefficient (Wildman–Crippen LogP) is 6.37. The molecule has 1 aliphatic rings. The molecule has 0 radical (unpaired) electrons. The van der Waals surface area contributed by atoms with Crippen LogP contribution < -0.4 is 0 Å². The van der Waals surface area contributed by atoms with Gasteiger partial charge in [-0.3, -0.25) is 4.79 Å². The summed E-state index contributed by atoms with van der Waals surface area (Å²) in [5, 5.41) is 0. The van der Waals surface area contributed by atoms with E-state index in [9.17, 15) is 4.79 Å². The van der Waals surface area contributed by atoms with Crippen molar-refractivity contribution in [2.75, 3.05) is 0 Å². The number of alkyl halides is 6. The van der Waals surface area contributed by atoms with Gasteiger partial charge in [0.15, 0.2) is 9.02 Å². The summed E-state index contributed by atoms with van der Waals surface area (Å²) in [4.78, 5) is 12.3. The summed E-state index contributed by atoms with van der Waals surface area (Å²) in [6.07, 6.45) is 5.81. The molecule has 0 aliphatic heterocycles. The maximum Gasteiger partial charge on any atom is 0.165 e. The number of hydrogen-bond donors (Lipinski definition) is 0. The molecule has 0 aromatic heterocycles. The van der Waals surface area contributed by atoms with Gasteiger partial charge in [-0.1, -0.05) is 115 Å². The molecule has 0 amide bonds. The third kappa shape index (κ3) is 3.80. The van der Waals surface area contributed by atoms with E-state index in [1.54, 1.807) is 0 Å². The lowest BCUT2D eigenvalue weighted by atomic mass is 9.99. The molecule has 100 valence electrons. The van der Waals surface area contributed by atoms with Gasteiger partial charge in [0.1, 0.15) is 6.47 Å². The Morgan fingerprint density at radius 2 is 1.35 bits per heavy atom. The topological polar surface area (TPSA) is 17.1 Å². The van der Waals surface area contributed by atoms with Crippen LogP contribution in [0.25, 0.3) is 0 Å². The molecule has 0 heterocycles. The quantitative estimate of drug-likeness (QED) is 0.286. The average Bonchev–Trinajstić information content (AvgIpc) is 2.20. The second-order valence-electron chi connectivity index (χ2n) is 4.19. The van der Waals surface area contributed by atoms with Crippen molar-refractivity contribution < 1.29 is 4.79 Å². The zero-order chi connectivity index (χ0) is 13.3. The minimum absolute atomic E-state index is 0.136. The number of carbonyl (C=O) groups excluding carboxylic acids is 1. The molecule has 0 spiro atoms. The Bertz CT molecular complexity index is 299. The van der Waals surface area contributed by atoms with E-state index >= 15 is 0 Å². The van der Waals surface area contributed by atoms with Crippen molar-refractivity contribution in [1.82, 2.24) is 0 Å². The molecular formula is C10H12Br6O. The minimum Gasteiger partial charge on any atom is -0.297 e. The summed E-state index contributed by atoms with van der Waals surface area (Å²) >= 11 is 21.6. The Hall–Kier alpha value is 2.55. The first-order valence-electron chi connectivity index (χ1n) is 5.30. The van der Waals surface area contributed by atoms with Crippen LogP contribution >= 0.6 is 95.6 Å². The summed E-state index contributed by atoms with van der Waals surface area (Å²) in [5.74, 6) is 0.136. The summed E-state index contributed by atoms with van der Waals surface area (Å²) in [5.41, 5.74) is 0. The molecule has 0 atom stereocenters. The van der Waals surface area contributed by atoms with Crippen LogP contribution in [0.3, 0.4) is 0 Å². The van der Waals surface area contributed by atoms with Gasteiger partial charge in [-0.05, 0) is 12.8 Å². The lowest BCUT2D eigenvalue weighted by molar-refractivity contribution is -0.119. The van der Waals surface area contributed by atoms with E-state index in [1.807, 2.05) is 0 Å². The molecule has 0 saturated heterocycles. The Morgan fingerprint density at radius 1 is 0.824 bits per heavy atom. The van der Waals surface area contributed by atoms with Crippen LogP contribution in [0, 0.1) is 0 Å². The van der Waals surface area contributed by atoms with Gasteiger partial charge in [0, 0.05) is 6.42 Å². The van der Waals surface area contributed by atoms with Crippen LogP contribution in [-0.4, -0.2) is 15.5 Å². The normalized spacial score (nSPS) is 28.7. The SMILES string of the molecule is O=C1CCCCCCC(Br)(Br)C(Br)(Br)C1(Br)Br. The zero-order valence-corrected chi connectivity index (χ0v) is 18.4. The number of halogens is 6. The highest BCUT2D eigenvalue weighted by Crippen LogP contribution is 2.62. The van der Waals surface area contributed by atoms with E-state index in [4.69, 9.17) is 0 Å². The molecule has 7 heteroatoms. The largest absolute Gasteiger partial charge is 0.297 e. The summed E-state index contributed by atoms with van der Waals surface area (Å²) < 4.78 is -1.92. The molecule has 17 heavy (non-hydrogen) atoms. The van der Waals surface area contributed by atoms with Gasteiger partial charge in [0.25, 0.3) is 0 Å². The lowest BCUT2D eigenvalue weighted by Crippen LogP contribution is -2.52. The fraction of sp³-hybridized carbons (Fsp3) is 0.900. The molecule has 1 fully saturated rings. The van der Waals surface area contributed by atoms with Crippen molar-refractivity contribution in [3.63, 3.8) is 0 Å². The third-order valence-electron chi connectivity index (χ3n) is 2.85. The fourth-order valence-electron chi connectivity index (χ4n) is 1.70. The van der Waals surface area contributed by atoms with Crippen LogP contribution in [-0.2, 0) is 4.79 Å². The van der Waals surface area contributed by atoms with Gasteiger partial charge in [-0.15, -0.1) is 0 Å². The number of Topliss-reactive ketones (excluding diaryl/α,β-unsaturated/α-hetero) is 1. The van der Waals surface area contributed by atoms with Gasteiger partial charge < -0.3 is 0 Å². The van der Waals surface area contributed by atoms with E-state index in [2.05, 4.69) is 95.6 Å². The first-order chi connectivity index (χ1) is 7.63. The van der Waals surface area contributed by atoms with Crippen LogP contribution in [0.1, 0.15) is 38.5 Å². The first-order valence-corrected chi connectivity index (χ1v) is 10.1. The number of hydrogen-bond acceptors (Lipinski definition) is 1. The molecule has 0 bridgehead atoms. The van der Waals surface area contributed by atoms with Gasteiger partial charge >= 0.3 is 0 Å². The van der Waals surface area contributed by atoms with E-state index in [1.165, 1.54) is 0 Å². The molecule has 1 rings (SSSR count). The second-order valence-corrected chi connectivity index (χ2v) is 14.8. The maximum atomic E-state index is 12.3. The standard InChI is InChI=1S/C10H12Br6O/c11-8(12)6-4-2-1-3-5-7(17)9(13,14)10(8,15)16/h1-6H2. The molecule has 1 aliphatic carbocycles. The average molecular weight is 628 g/mol. The molecule has 0 aromatic rings. The van der Waals surface area contributed by atoms with Crippen LogP contribution in [0.5, 0.6) is 0 Å². The first kappa shape index (κ1) is 17.6. The van der Waals surface area contributed by atoms with Crippen molar-refractivity contribution in [1.29, 1.82) is 0 Å². The third-order valence-corrected chi connectivity index (χ3v) is 13.7. The van der Waals surface area contributed by atoms with Crippen molar-refractivity contribution in [2.45, 2.75) is 48.2 Å². The minimum atomic E-state index is -0.850. The molecular weight excluding hydrogens is 616 g/mol. The van der Waals surface area contributed by atoms with Gasteiger partial charge in [-0.25, -0.2) is 0 Å². The van der Waals surface area contributed by atoms with Crippen molar-refractivity contribution in [2.24, 2.45) is 0 Å². The Labute approximate surface area is 152 Å². The summed E-state index contributed by atoms with van der Waals surface area (Å²) in [6, 6.07) is 0. The monoisotopic (exact) mass is 622 g/mol. The Balaban J connectivity index is 3.08. The molecule has 0 N–H and O–H groups in total. The maximum absolute atomic E-state index is 12.3. The highest BCUT2D eigenvalue weighted by atomic mass is 79.9. The molecule has 1 nitrogen and oxygen atoms in total. The molecule has 0 unspecified atom stereocenters. The van der Waals surface area contributed by atoms with Crippen molar-refractivity contribution in [3.05, 3.63) is 0 Å². The van der Waals surface area contributed by atoms with Crippen LogP contribution in [0.15, 0.2) is 0 Å². The number of rotatable bonds is 0. The van der Waals surface area contributed by atoms with Crippen molar-refractivity contribution >= 4 is 101 Å². The van der Waals surface area contributed by atoms with Gasteiger partial charge in [0.05, 0.1) is 0 Å². The second kappa shape index (κ2) is 6.54. The zero-order valence-electron chi connectivity index (χ0n) is 8.92. The van der Waals surface area contributed by atoms with E-state index in [-0.39, 0.29) is 5.78 Å². The highest BCUT2D eigenvalue weighted by Gasteiger charge is 2.60. The van der Waals surface area contributed by atoms with Gasteiger partial charge in [-0.2, -0.15) is 0 Å². The Morgan fingerprint density at radius 3 is 1.94 bits per heavy atom. The number of carbonyl (C=O) groups is 1. The lowest BCUT2D eigenvalue weighted by Gasteiger charge is -2.43. The van der Waals surface area contributed by atoms with E-state index in [0.717, 1.165) is 32.1 Å². The smallest absolute Gasteiger partial charge is 0.165 e. The van der Waals surface area contributed by atoms with Crippen LogP contribution in [0.4, 0.5) is 0 Å². The number of ketones is 1.